The number of hydrogen-bond acceptors (Lipinski definition) is 10. The molecule has 3 rings (SSSR count). The van der Waals surface area contributed by atoms with E-state index in [-0.39, 0.29) is 17.6 Å². The van der Waals surface area contributed by atoms with Crippen molar-refractivity contribution in [3.8, 4) is 5.75 Å². The molecule has 0 aromatic heterocycles. The summed E-state index contributed by atoms with van der Waals surface area (Å²) in [6.45, 7) is 12.4. The van der Waals surface area contributed by atoms with Crippen LogP contribution in [-0.2, 0) is 28.2 Å². The Hall–Kier alpha value is -4.57. The number of methoxy groups -OCH3 is 1. The third-order valence-corrected chi connectivity index (χ3v) is 5.17. The van der Waals surface area contributed by atoms with E-state index in [0.29, 0.717) is 30.3 Å². The van der Waals surface area contributed by atoms with Crippen molar-refractivity contribution in [2.45, 2.75) is 41.5 Å². The minimum Gasteiger partial charge on any atom is -0.872 e. The van der Waals surface area contributed by atoms with Crippen LogP contribution in [0.3, 0.4) is 0 Å². The largest absolute Gasteiger partial charge is 0.872 e. The first kappa shape index (κ1) is 39.4. The Morgan fingerprint density at radius 2 is 1.68 bits per heavy atom. The molecule has 11 nitrogen and oxygen atoms in total. The highest BCUT2D eigenvalue weighted by atomic mass is 31.1. The highest BCUT2D eigenvalue weighted by Crippen LogP contribution is 2.23. The summed E-state index contributed by atoms with van der Waals surface area (Å²) in [4.78, 5) is 9.76. The molecule has 0 unspecified atom stereocenters. The molecule has 0 saturated carbocycles. The van der Waals surface area contributed by atoms with E-state index in [2.05, 4.69) is 19.5 Å². The summed E-state index contributed by atoms with van der Waals surface area (Å²) in [6.07, 6.45) is 9.52. The van der Waals surface area contributed by atoms with E-state index in [1.165, 1.54) is 31.1 Å². The molecule has 0 saturated heterocycles. The number of aryl methyl sites for hydroxylation is 3. The van der Waals surface area contributed by atoms with Crippen LogP contribution in [0.2, 0.25) is 0 Å². The molecule has 1 aliphatic heterocycles. The Morgan fingerprint density at radius 3 is 2.16 bits per heavy atom. The second-order valence-electron chi connectivity index (χ2n) is 9.53. The molecular weight excluding hydrogens is 589 g/mol. The monoisotopic (exact) mass is 628 g/mol. The molecule has 1 heterocycles. The first-order valence-electron chi connectivity index (χ1n) is 13.2. The molecule has 44 heavy (non-hydrogen) atoms. The van der Waals surface area contributed by atoms with Crippen molar-refractivity contribution < 1.29 is 48.8 Å². The molecule has 0 spiro atoms. The van der Waals surface area contributed by atoms with Crippen LogP contribution in [0.4, 0.5) is 0 Å². The van der Waals surface area contributed by atoms with Gasteiger partial charge in [0.2, 0.25) is 0 Å². The molecule has 0 atom stereocenters. The number of aliphatic hydroxyl groups excluding tert-OH is 1. The molecule has 2 aromatic carbocycles. The van der Waals surface area contributed by atoms with Crippen LogP contribution < -0.4 is 10.2 Å². The fraction of sp³-hybridized carbons (Fsp3) is 0.281. The van der Waals surface area contributed by atoms with Gasteiger partial charge in [-0.3, -0.25) is 4.79 Å². The number of carbonyl (C=O) groups is 1. The van der Waals surface area contributed by atoms with Gasteiger partial charge in [-0.05, 0) is 63.5 Å². The quantitative estimate of drug-likeness (QED) is 0.0996. The average molecular weight is 629 g/mol. The van der Waals surface area contributed by atoms with Crippen molar-refractivity contribution in [2.24, 2.45) is 5.92 Å². The molecule has 12 heteroatoms. The van der Waals surface area contributed by atoms with Crippen molar-refractivity contribution in [1.82, 2.24) is 0 Å². The summed E-state index contributed by atoms with van der Waals surface area (Å²) in [5.41, 5.74) is 6.01. The van der Waals surface area contributed by atoms with Gasteiger partial charge in [0.05, 0.1) is 18.8 Å². The van der Waals surface area contributed by atoms with Gasteiger partial charge >= 0.3 is 8.69 Å². The number of nitrogens with zero attached hydrogens (tertiary/aromatic N) is 1. The maximum absolute atomic E-state index is 11.7. The average Bonchev–Trinajstić information content (AvgIpc) is 2.99. The van der Waals surface area contributed by atoms with Gasteiger partial charge in [-0.2, -0.15) is 6.20 Å². The molecule has 0 bridgehead atoms. The molecular formula is C32H39NO10P-3. The van der Waals surface area contributed by atoms with Gasteiger partial charge in [-0.25, -0.2) is 9.82 Å². The topological polar surface area (TPSA) is 172 Å². The zero-order chi connectivity index (χ0) is 33.5. The number of rotatable bonds is 9. The van der Waals surface area contributed by atoms with E-state index >= 15 is 0 Å². The summed E-state index contributed by atoms with van der Waals surface area (Å²) in [6, 6.07) is 11.1. The van der Waals surface area contributed by atoms with Crippen LogP contribution in [0.15, 0.2) is 84.2 Å². The summed E-state index contributed by atoms with van der Waals surface area (Å²) in [7, 11) is 0.672. The zero-order valence-corrected chi connectivity index (χ0v) is 26.7. The van der Waals surface area contributed by atoms with Crippen LogP contribution in [0.25, 0.3) is 17.5 Å². The number of allylic oxidation sites excluding steroid dienone is 3. The van der Waals surface area contributed by atoms with Crippen LogP contribution in [0.5, 0.6) is 5.75 Å². The van der Waals surface area contributed by atoms with E-state index in [1.54, 1.807) is 18.3 Å². The van der Waals surface area contributed by atoms with Crippen molar-refractivity contribution in [3.63, 3.8) is 0 Å². The third-order valence-electron chi connectivity index (χ3n) is 5.10. The third kappa shape index (κ3) is 18.8. The molecule has 0 aliphatic carbocycles. The Kier molecular flexibility index (Phi) is 20.6. The van der Waals surface area contributed by atoms with Crippen molar-refractivity contribution >= 4 is 27.3 Å². The Labute approximate surface area is 260 Å². The molecule has 0 radical (unpaired) electrons. The van der Waals surface area contributed by atoms with E-state index < -0.39 is 8.69 Å². The Balaban J connectivity index is 0.000000608. The van der Waals surface area contributed by atoms with E-state index in [0.717, 1.165) is 22.3 Å². The predicted octanol–water partition coefficient (Wildman–Crippen LogP) is 6.74. The molecule has 0 fully saturated rings. The number of ether oxygens (including phenoxy) is 3. The molecule has 2 aromatic rings. The standard InChI is InChI=1S/C14H20O3.C10H12O2.C8H8NO2.HO3P/c1-9(2)8-17-14(16)7-12-11(4)5-10(3)6-13(12)15;1-8-3-5-9(6-4-8)7-10(11)12-2;1-7-2-3-8(9-4-7)5-11-6-10;1-3-4-2/h5-7,9,15-16H,8H2,1-4H3;3-7,11H,1-2H3;2-6H,1H3;1H/q;;-1;/p-2. The van der Waals surface area contributed by atoms with Crippen molar-refractivity contribution in [2.75, 3.05) is 13.7 Å². The lowest BCUT2D eigenvalue weighted by atomic mass is 10.0. The minimum absolute atomic E-state index is 0.0952. The van der Waals surface area contributed by atoms with Crippen LogP contribution in [-0.4, -0.2) is 30.6 Å². The smallest absolute Gasteiger partial charge is 0.358 e. The highest BCUT2D eigenvalue weighted by molar-refractivity contribution is 7.17. The van der Waals surface area contributed by atoms with E-state index in [1.807, 2.05) is 78.0 Å². The highest BCUT2D eigenvalue weighted by Gasteiger charge is 2.02. The van der Waals surface area contributed by atoms with Gasteiger partial charge in [-0.15, -0.1) is 16.1 Å². The van der Waals surface area contributed by atoms with Gasteiger partial charge in [0.1, 0.15) is 0 Å². The lowest BCUT2D eigenvalue weighted by Gasteiger charge is -2.21. The van der Waals surface area contributed by atoms with Crippen LogP contribution >= 0.6 is 8.69 Å². The first-order chi connectivity index (χ1) is 20.9. The summed E-state index contributed by atoms with van der Waals surface area (Å²) in [5, 5.41) is 43.1. The SMILES string of the molecule is CC1=C[N-]C(=COC=O)C=C1.COC([O-])=Cc1ccc(C)cc1.Cc1cc(C)c(C=C(O)OCC(C)C)c([O-])c1.O=POO. The normalized spacial score (nSPS) is 13.2. The Morgan fingerprint density at radius 1 is 1.05 bits per heavy atom. The minimum atomic E-state index is -0.696. The zero-order valence-electron chi connectivity index (χ0n) is 25.8. The molecule has 1 aliphatic rings. The predicted molar refractivity (Wildman–Crippen MR) is 166 cm³/mol. The Bertz CT molecular complexity index is 1290. The number of benzene rings is 2. The fourth-order valence-electron chi connectivity index (χ4n) is 3.05. The second-order valence-corrected chi connectivity index (χ2v) is 9.84. The molecule has 0 amide bonds. The van der Waals surface area contributed by atoms with Crippen LogP contribution in [0, 0.1) is 26.7 Å². The van der Waals surface area contributed by atoms with Gasteiger partial charge in [0, 0.05) is 6.08 Å². The fourth-order valence-corrected chi connectivity index (χ4v) is 3.05. The maximum atomic E-state index is 11.7. The second kappa shape index (κ2) is 23.0. The van der Waals surface area contributed by atoms with E-state index in [4.69, 9.17) is 14.6 Å². The van der Waals surface area contributed by atoms with E-state index in [9.17, 15) is 20.1 Å². The van der Waals surface area contributed by atoms with Crippen LogP contribution in [0.1, 0.15) is 48.6 Å². The van der Waals surface area contributed by atoms with Gasteiger partial charge in [-0.1, -0.05) is 79.1 Å². The lowest BCUT2D eigenvalue weighted by molar-refractivity contribution is -0.350. The number of hydrogen-bond donors (Lipinski definition) is 2. The number of aliphatic hydroxyl groups is 1. The van der Waals surface area contributed by atoms with Gasteiger partial charge < -0.3 is 34.8 Å². The first-order valence-corrected chi connectivity index (χ1v) is 13.9. The van der Waals surface area contributed by atoms with Crippen molar-refractivity contribution in [3.05, 3.63) is 117 Å². The maximum Gasteiger partial charge on any atom is 0.358 e. The number of carbonyl (C=O) groups excluding carboxylic acids is 1. The summed E-state index contributed by atoms with van der Waals surface area (Å²) < 4.78 is 25.8. The molecule has 2 N–H and O–H groups in total. The van der Waals surface area contributed by atoms with Gasteiger partial charge in [0.15, 0.2) is 0 Å². The molecule has 240 valence electrons. The summed E-state index contributed by atoms with van der Waals surface area (Å²) >= 11 is 0. The lowest BCUT2D eigenvalue weighted by Crippen LogP contribution is -2.04. The van der Waals surface area contributed by atoms with Gasteiger partial charge in [0.25, 0.3) is 12.4 Å². The summed E-state index contributed by atoms with van der Waals surface area (Å²) in [5.74, 6) is -0.291. The van der Waals surface area contributed by atoms with Crippen molar-refractivity contribution in [1.29, 1.82) is 0 Å².